The average molecular weight is 314 g/mol. The van der Waals surface area contributed by atoms with Crippen LogP contribution >= 0.6 is 27.3 Å². The third kappa shape index (κ3) is 2.47. The summed E-state index contributed by atoms with van der Waals surface area (Å²) in [4.78, 5) is 21.7. The molecule has 0 unspecified atom stereocenters. The van der Waals surface area contributed by atoms with E-state index in [1.54, 1.807) is 15.9 Å². The van der Waals surface area contributed by atoms with Crippen molar-refractivity contribution in [2.75, 3.05) is 0 Å². The molecule has 2 rings (SSSR count). The van der Waals surface area contributed by atoms with Crippen molar-refractivity contribution in [2.45, 2.75) is 27.3 Å². The van der Waals surface area contributed by atoms with Crippen LogP contribution in [0.3, 0.4) is 0 Å². The topological polar surface area (TPSA) is 47.8 Å². The van der Waals surface area contributed by atoms with E-state index in [9.17, 15) is 4.79 Å². The molecule has 0 atom stereocenters. The maximum Gasteiger partial charge on any atom is 0.268 e. The predicted octanol–water partition coefficient (Wildman–Crippen LogP) is 2.44. The largest absolute Gasteiger partial charge is 0.289 e. The molecule has 4 nitrogen and oxygen atoms in total. The number of hydrogen-bond donors (Lipinski definition) is 0. The van der Waals surface area contributed by atoms with Crippen LogP contribution in [-0.4, -0.2) is 14.5 Å². The van der Waals surface area contributed by atoms with Crippen LogP contribution < -0.4 is 5.56 Å². The molecule has 6 heteroatoms. The van der Waals surface area contributed by atoms with E-state index in [1.165, 1.54) is 11.1 Å². The maximum atomic E-state index is 11.9. The minimum Gasteiger partial charge on any atom is -0.289 e. The van der Waals surface area contributed by atoms with Gasteiger partial charge in [0.05, 0.1) is 12.2 Å². The summed E-state index contributed by atoms with van der Waals surface area (Å²) in [6, 6.07) is 0. The van der Waals surface area contributed by atoms with E-state index in [1.807, 2.05) is 20.8 Å². The van der Waals surface area contributed by atoms with Gasteiger partial charge in [-0.3, -0.25) is 9.36 Å². The predicted molar refractivity (Wildman–Crippen MR) is 71.6 cm³/mol. The van der Waals surface area contributed by atoms with E-state index >= 15 is 0 Å². The SMILES string of the molecule is Cc1nc(Cn2c(C)ncc(Br)c2=O)sc1C. The fraction of sp³-hybridized carbons (Fsp3) is 0.364. The van der Waals surface area contributed by atoms with Crippen LogP contribution in [0.2, 0.25) is 0 Å². The summed E-state index contributed by atoms with van der Waals surface area (Å²) < 4.78 is 2.11. The molecule has 0 saturated carbocycles. The van der Waals surface area contributed by atoms with Gasteiger partial charge in [-0.05, 0) is 36.7 Å². The molecule has 0 radical (unpaired) electrons. The molecule has 0 N–H and O–H groups in total. The van der Waals surface area contributed by atoms with Crippen LogP contribution in [0.1, 0.15) is 21.4 Å². The van der Waals surface area contributed by atoms with Gasteiger partial charge in [0.15, 0.2) is 0 Å². The zero-order valence-electron chi connectivity index (χ0n) is 9.82. The van der Waals surface area contributed by atoms with Crippen LogP contribution in [0.4, 0.5) is 0 Å². The number of aryl methyl sites for hydroxylation is 3. The fourth-order valence-electron chi connectivity index (χ4n) is 1.48. The third-order valence-electron chi connectivity index (χ3n) is 2.57. The molecule has 2 aromatic heterocycles. The van der Waals surface area contributed by atoms with Crippen LogP contribution in [0.5, 0.6) is 0 Å². The Kier molecular flexibility index (Phi) is 3.44. The van der Waals surface area contributed by atoms with E-state index in [-0.39, 0.29) is 5.56 Å². The van der Waals surface area contributed by atoms with Gasteiger partial charge in [0.1, 0.15) is 15.3 Å². The first kappa shape index (κ1) is 12.4. The Morgan fingerprint density at radius 1 is 1.41 bits per heavy atom. The first-order valence-electron chi connectivity index (χ1n) is 5.14. The van der Waals surface area contributed by atoms with Crippen LogP contribution in [0.25, 0.3) is 0 Å². The Morgan fingerprint density at radius 2 is 2.12 bits per heavy atom. The Hall–Kier alpha value is -1.01. The lowest BCUT2D eigenvalue weighted by Gasteiger charge is -2.06. The van der Waals surface area contributed by atoms with Gasteiger partial charge in [0.25, 0.3) is 5.56 Å². The number of halogens is 1. The highest BCUT2D eigenvalue weighted by atomic mass is 79.9. The van der Waals surface area contributed by atoms with E-state index < -0.39 is 0 Å². The zero-order chi connectivity index (χ0) is 12.6. The van der Waals surface area contributed by atoms with Crippen molar-refractivity contribution >= 4 is 27.3 Å². The second-order valence-electron chi connectivity index (χ2n) is 3.79. The summed E-state index contributed by atoms with van der Waals surface area (Å²) in [5.74, 6) is 0.698. The zero-order valence-corrected chi connectivity index (χ0v) is 12.2. The quantitative estimate of drug-likeness (QED) is 0.855. The highest BCUT2D eigenvalue weighted by Crippen LogP contribution is 2.17. The van der Waals surface area contributed by atoms with Crippen molar-refractivity contribution in [3.05, 3.63) is 42.4 Å². The number of thiazole rings is 1. The standard InChI is InChI=1S/C11H12BrN3OS/c1-6-7(2)17-10(14-6)5-15-8(3)13-4-9(12)11(15)16/h4H,5H2,1-3H3. The Morgan fingerprint density at radius 3 is 2.71 bits per heavy atom. The second-order valence-corrected chi connectivity index (χ2v) is 5.94. The lowest BCUT2D eigenvalue weighted by atomic mass is 10.4. The molecule has 0 aromatic carbocycles. The molecule has 0 spiro atoms. The summed E-state index contributed by atoms with van der Waals surface area (Å²) in [5.41, 5.74) is 0.960. The van der Waals surface area contributed by atoms with E-state index in [0.717, 1.165) is 10.7 Å². The minimum absolute atomic E-state index is 0.0667. The Balaban J connectivity index is 2.43. The van der Waals surface area contributed by atoms with Crippen molar-refractivity contribution in [2.24, 2.45) is 0 Å². The number of rotatable bonds is 2. The highest BCUT2D eigenvalue weighted by molar-refractivity contribution is 9.10. The van der Waals surface area contributed by atoms with Gasteiger partial charge in [-0.15, -0.1) is 11.3 Å². The van der Waals surface area contributed by atoms with E-state index in [0.29, 0.717) is 16.8 Å². The third-order valence-corrected chi connectivity index (χ3v) is 4.17. The molecular weight excluding hydrogens is 302 g/mol. The monoisotopic (exact) mass is 313 g/mol. The molecule has 2 aromatic rings. The Bertz CT molecular complexity index is 598. The van der Waals surface area contributed by atoms with Gasteiger partial charge in [-0.2, -0.15) is 0 Å². The van der Waals surface area contributed by atoms with Gasteiger partial charge in [-0.25, -0.2) is 9.97 Å². The lowest BCUT2D eigenvalue weighted by molar-refractivity contribution is 0.691. The maximum absolute atomic E-state index is 11.9. The number of hydrogen-bond acceptors (Lipinski definition) is 4. The minimum atomic E-state index is -0.0667. The molecule has 0 aliphatic carbocycles. The Labute approximate surface area is 111 Å². The normalized spacial score (nSPS) is 10.8. The first-order valence-corrected chi connectivity index (χ1v) is 6.75. The summed E-state index contributed by atoms with van der Waals surface area (Å²) in [7, 11) is 0. The summed E-state index contributed by atoms with van der Waals surface area (Å²) >= 11 is 4.82. The molecule has 2 heterocycles. The van der Waals surface area contributed by atoms with Crippen molar-refractivity contribution in [3.63, 3.8) is 0 Å². The number of aromatic nitrogens is 3. The van der Waals surface area contributed by atoms with Gasteiger partial charge >= 0.3 is 0 Å². The second kappa shape index (κ2) is 4.70. The first-order chi connectivity index (χ1) is 7.99. The van der Waals surface area contributed by atoms with E-state index in [2.05, 4.69) is 25.9 Å². The molecule has 0 aliphatic heterocycles. The molecule has 90 valence electrons. The average Bonchev–Trinajstić information content (AvgIpc) is 2.59. The van der Waals surface area contributed by atoms with Crippen molar-refractivity contribution in [1.82, 2.24) is 14.5 Å². The smallest absolute Gasteiger partial charge is 0.268 e. The van der Waals surface area contributed by atoms with Crippen LogP contribution in [0, 0.1) is 20.8 Å². The molecule has 0 amide bonds. The number of nitrogens with zero attached hydrogens (tertiary/aromatic N) is 3. The van der Waals surface area contributed by atoms with Gasteiger partial charge in [0, 0.05) is 11.1 Å². The molecule has 0 bridgehead atoms. The lowest BCUT2D eigenvalue weighted by Crippen LogP contribution is -2.24. The highest BCUT2D eigenvalue weighted by Gasteiger charge is 2.09. The summed E-state index contributed by atoms with van der Waals surface area (Å²) in [6.45, 7) is 6.31. The van der Waals surface area contributed by atoms with Crippen molar-refractivity contribution in [3.8, 4) is 0 Å². The molecule has 17 heavy (non-hydrogen) atoms. The molecular formula is C11H12BrN3OS. The van der Waals surface area contributed by atoms with E-state index in [4.69, 9.17) is 0 Å². The van der Waals surface area contributed by atoms with Crippen LogP contribution in [0.15, 0.2) is 15.5 Å². The van der Waals surface area contributed by atoms with Gasteiger partial charge in [0.2, 0.25) is 0 Å². The van der Waals surface area contributed by atoms with Crippen LogP contribution in [-0.2, 0) is 6.54 Å². The molecule has 0 saturated heterocycles. The summed E-state index contributed by atoms with van der Waals surface area (Å²) in [6.07, 6.45) is 1.53. The van der Waals surface area contributed by atoms with Crippen molar-refractivity contribution in [1.29, 1.82) is 0 Å². The molecule has 0 fully saturated rings. The molecule has 0 aliphatic rings. The fourth-order valence-corrected chi connectivity index (χ4v) is 2.72. The van der Waals surface area contributed by atoms with Gasteiger partial charge in [-0.1, -0.05) is 0 Å². The van der Waals surface area contributed by atoms with Gasteiger partial charge < -0.3 is 0 Å². The summed E-state index contributed by atoms with van der Waals surface area (Å²) in [5, 5.41) is 0.935. The van der Waals surface area contributed by atoms with Crippen molar-refractivity contribution < 1.29 is 0 Å².